The number of amides is 1. The van der Waals surface area contributed by atoms with Crippen LogP contribution < -0.4 is 30.6 Å². The summed E-state index contributed by atoms with van der Waals surface area (Å²) in [6, 6.07) is 11.5. The van der Waals surface area contributed by atoms with Crippen LogP contribution in [0.1, 0.15) is 30.7 Å². The molecule has 5 rings (SSSR count). The molecular weight excluding hydrogens is 647 g/mol. The van der Waals surface area contributed by atoms with Gasteiger partial charge in [0, 0.05) is 60.1 Å². The summed E-state index contributed by atoms with van der Waals surface area (Å²) < 4.78 is 11.1. The third kappa shape index (κ3) is 8.06. The van der Waals surface area contributed by atoms with Crippen molar-refractivity contribution in [1.82, 2.24) is 35.9 Å². The highest BCUT2D eigenvalue weighted by Crippen LogP contribution is 2.42. The molecule has 0 radical (unpaired) electrons. The van der Waals surface area contributed by atoms with E-state index >= 15 is 0 Å². The molecule has 1 unspecified atom stereocenters. The molecule has 46 heavy (non-hydrogen) atoms. The Kier molecular flexibility index (Phi) is 12.0. The van der Waals surface area contributed by atoms with Crippen LogP contribution in [0.4, 0.5) is 0 Å². The first kappa shape index (κ1) is 33.8. The average molecular weight is 684 g/mol. The van der Waals surface area contributed by atoms with Gasteiger partial charge in [-0.2, -0.15) is 0 Å². The van der Waals surface area contributed by atoms with E-state index in [4.69, 9.17) is 47.8 Å². The van der Waals surface area contributed by atoms with Gasteiger partial charge in [0.15, 0.2) is 0 Å². The fourth-order valence-corrected chi connectivity index (χ4v) is 6.14. The van der Waals surface area contributed by atoms with E-state index in [-0.39, 0.29) is 11.9 Å². The largest absolute Gasteiger partial charge is 0.480 e. The summed E-state index contributed by atoms with van der Waals surface area (Å²) >= 11 is 15.4. The zero-order chi connectivity index (χ0) is 32.5. The topological polar surface area (TPSA) is 149 Å². The molecule has 1 aliphatic heterocycles. The fraction of sp³-hybridized carbons (Fsp3) is 0.344. The van der Waals surface area contributed by atoms with Crippen molar-refractivity contribution in [3.63, 3.8) is 0 Å². The third-order valence-electron chi connectivity index (χ3n) is 7.53. The Balaban J connectivity index is 1.37. The number of hydrogen-bond donors (Lipinski definition) is 4. The second kappa shape index (κ2) is 16.3. The Morgan fingerprint density at radius 1 is 0.891 bits per heavy atom. The van der Waals surface area contributed by atoms with Gasteiger partial charge in [0.05, 0.1) is 48.0 Å². The highest BCUT2D eigenvalue weighted by atomic mass is 35.5. The van der Waals surface area contributed by atoms with Crippen LogP contribution in [0.25, 0.3) is 33.6 Å². The normalized spacial score (nSPS) is 14.4. The van der Waals surface area contributed by atoms with Crippen molar-refractivity contribution in [3.8, 4) is 45.4 Å². The summed E-state index contributed by atoms with van der Waals surface area (Å²) in [7, 11) is 3.13. The molecule has 5 N–H and O–H groups in total. The molecule has 11 nitrogen and oxygen atoms in total. The molecule has 1 aliphatic rings. The standard InChI is InChI=1S/C32H36Cl2N8O3S/c1-44-31-26(15-36-12-5-13-46-35)38-17-24(41-31)22-8-3-6-20(29(22)33)21-7-4-9-23(30(21)34)25-18-39-27(32(42-25)45-2)16-37-14-19-10-11-28(43)40-19/h3-4,6-9,17-19,36-37H,5,10-16,35H2,1-2H3,(H,40,43). The lowest BCUT2D eigenvalue weighted by atomic mass is 9.98. The molecule has 1 amide bonds. The number of carbonyl (C=O) groups excluding carboxylic acids is 1. The van der Waals surface area contributed by atoms with Crippen molar-refractivity contribution < 1.29 is 14.3 Å². The van der Waals surface area contributed by atoms with Gasteiger partial charge >= 0.3 is 0 Å². The SMILES string of the molecule is COc1nc(-c2cccc(-c3cccc(-c4cnc(CNCC5CCC(=O)N5)c(OC)n4)c3Cl)c2Cl)cnc1CNCCCSN. The zero-order valence-electron chi connectivity index (χ0n) is 25.6. The van der Waals surface area contributed by atoms with Crippen molar-refractivity contribution >= 4 is 41.1 Å². The number of ether oxygens (including phenoxy) is 2. The van der Waals surface area contributed by atoms with Gasteiger partial charge in [-0.05, 0) is 19.4 Å². The molecule has 14 heteroatoms. The van der Waals surface area contributed by atoms with Crippen LogP contribution in [0.5, 0.6) is 11.8 Å². The number of hydrogen-bond acceptors (Lipinski definition) is 11. The Labute approximate surface area is 282 Å². The Bertz CT molecular complexity index is 1680. The summed E-state index contributed by atoms with van der Waals surface area (Å²) in [5.74, 6) is 1.78. The molecule has 0 saturated carbocycles. The maximum Gasteiger partial charge on any atom is 0.237 e. The molecule has 4 aromatic rings. The summed E-state index contributed by atoms with van der Waals surface area (Å²) in [5, 5.41) is 16.1. The Morgan fingerprint density at radius 3 is 1.93 bits per heavy atom. The van der Waals surface area contributed by atoms with Crippen LogP contribution in [0, 0.1) is 0 Å². The van der Waals surface area contributed by atoms with Crippen molar-refractivity contribution in [1.29, 1.82) is 0 Å². The lowest BCUT2D eigenvalue weighted by molar-refractivity contribution is -0.119. The minimum Gasteiger partial charge on any atom is -0.480 e. The van der Waals surface area contributed by atoms with Gasteiger partial charge in [-0.1, -0.05) is 71.5 Å². The summed E-state index contributed by atoms with van der Waals surface area (Å²) in [4.78, 5) is 30.1. The van der Waals surface area contributed by atoms with Crippen molar-refractivity contribution in [2.24, 2.45) is 5.14 Å². The number of benzene rings is 2. The first-order valence-electron chi connectivity index (χ1n) is 14.8. The summed E-state index contributed by atoms with van der Waals surface area (Å²) in [6.45, 7) is 2.42. The van der Waals surface area contributed by atoms with E-state index in [1.54, 1.807) is 26.6 Å². The number of methoxy groups -OCH3 is 2. The van der Waals surface area contributed by atoms with E-state index in [1.807, 2.05) is 36.4 Å². The summed E-state index contributed by atoms with van der Waals surface area (Å²) in [5.41, 5.74) is 5.34. The van der Waals surface area contributed by atoms with Gasteiger partial charge in [-0.15, -0.1) is 0 Å². The molecule has 0 aliphatic carbocycles. The van der Waals surface area contributed by atoms with Crippen LogP contribution in [0.2, 0.25) is 10.0 Å². The van der Waals surface area contributed by atoms with Crippen molar-refractivity contribution in [2.45, 2.75) is 38.4 Å². The first-order chi connectivity index (χ1) is 22.4. The van der Waals surface area contributed by atoms with Crippen LogP contribution in [-0.4, -0.2) is 64.9 Å². The fourth-order valence-electron chi connectivity index (χ4n) is 5.18. The second-order valence-electron chi connectivity index (χ2n) is 10.6. The first-order valence-corrected chi connectivity index (χ1v) is 16.6. The van der Waals surface area contributed by atoms with Crippen LogP contribution in [-0.2, 0) is 17.9 Å². The number of carbonyl (C=O) groups is 1. The molecule has 1 atom stereocenters. The monoisotopic (exact) mass is 682 g/mol. The van der Waals surface area contributed by atoms with E-state index in [0.717, 1.165) is 36.3 Å². The van der Waals surface area contributed by atoms with Gasteiger partial charge in [0.1, 0.15) is 11.4 Å². The number of nitrogens with one attached hydrogen (secondary N) is 3. The van der Waals surface area contributed by atoms with E-state index in [0.29, 0.717) is 81.8 Å². The van der Waals surface area contributed by atoms with Gasteiger partial charge < -0.3 is 25.4 Å². The Morgan fingerprint density at radius 2 is 1.43 bits per heavy atom. The van der Waals surface area contributed by atoms with Crippen molar-refractivity contribution in [3.05, 3.63) is 70.2 Å². The minimum atomic E-state index is 0.0845. The van der Waals surface area contributed by atoms with Crippen LogP contribution >= 0.6 is 35.1 Å². The lowest BCUT2D eigenvalue weighted by Crippen LogP contribution is -2.35. The van der Waals surface area contributed by atoms with Gasteiger partial charge in [0.25, 0.3) is 0 Å². The van der Waals surface area contributed by atoms with E-state index in [2.05, 4.69) is 25.9 Å². The highest BCUT2D eigenvalue weighted by Gasteiger charge is 2.21. The van der Waals surface area contributed by atoms with Gasteiger partial charge in [-0.3, -0.25) is 19.9 Å². The minimum absolute atomic E-state index is 0.0845. The van der Waals surface area contributed by atoms with E-state index in [9.17, 15) is 4.79 Å². The van der Waals surface area contributed by atoms with Gasteiger partial charge in [-0.25, -0.2) is 9.97 Å². The highest BCUT2D eigenvalue weighted by molar-refractivity contribution is 7.97. The van der Waals surface area contributed by atoms with Crippen LogP contribution in [0.15, 0.2) is 48.8 Å². The molecule has 2 aromatic carbocycles. The zero-order valence-corrected chi connectivity index (χ0v) is 27.9. The molecule has 1 saturated heterocycles. The molecule has 0 spiro atoms. The number of halogens is 2. The quantitative estimate of drug-likeness (QED) is 0.0986. The van der Waals surface area contributed by atoms with Crippen molar-refractivity contribution in [2.75, 3.05) is 33.1 Å². The lowest BCUT2D eigenvalue weighted by Gasteiger charge is -2.15. The predicted octanol–water partition coefficient (Wildman–Crippen LogP) is 5.05. The number of rotatable bonds is 15. The van der Waals surface area contributed by atoms with Crippen LogP contribution in [0.3, 0.4) is 0 Å². The predicted molar refractivity (Wildman–Crippen MR) is 183 cm³/mol. The average Bonchev–Trinajstić information content (AvgIpc) is 3.49. The molecular formula is C32H36Cl2N8O3S. The smallest absolute Gasteiger partial charge is 0.237 e. The number of aromatic nitrogens is 4. The molecule has 2 aromatic heterocycles. The van der Waals surface area contributed by atoms with E-state index in [1.165, 1.54) is 11.9 Å². The molecule has 1 fully saturated rings. The number of nitrogens with two attached hydrogens (primary N) is 1. The maximum absolute atomic E-state index is 11.5. The second-order valence-corrected chi connectivity index (χ2v) is 12.1. The third-order valence-corrected chi connectivity index (χ3v) is 8.86. The van der Waals surface area contributed by atoms with Gasteiger partial charge in [0.2, 0.25) is 17.7 Å². The maximum atomic E-state index is 11.5. The molecule has 0 bridgehead atoms. The summed E-state index contributed by atoms with van der Waals surface area (Å²) in [6.07, 6.45) is 5.70. The molecule has 242 valence electrons. The van der Waals surface area contributed by atoms with E-state index < -0.39 is 0 Å². The Hall–Kier alpha value is -3.52. The number of nitrogens with zero attached hydrogens (tertiary/aromatic N) is 4. The molecule has 3 heterocycles.